The van der Waals surface area contributed by atoms with Crippen molar-refractivity contribution in [2.75, 3.05) is 39.6 Å². The van der Waals surface area contributed by atoms with Gasteiger partial charge in [0.25, 0.3) is 0 Å². The van der Waals surface area contributed by atoms with Crippen molar-refractivity contribution in [3.8, 4) is 0 Å². The first-order chi connectivity index (χ1) is 33.8. The van der Waals surface area contributed by atoms with Crippen molar-refractivity contribution in [1.29, 1.82) is 0 Å². The van der Waals surface area contributed by atoms with Crippen molar-refractivity contribution in [1.82, 2.24) is 0 Å². The molecule has 0 aromatic heterocycles. The van der Waals surface area contributed by atoms with Crippen LogP contribution in [0.1, 0.15) is 6.92 Å². The average molecular weight is 1080 g/mol. The van der Waals surface area contributed by atoms with Gasteiger partial charge in [0.1, 0.15) is 153 Å². The third kappa shape index (κ3) is 13.4. The minimum absolute atomic E-state index is 0.732. The van der Waals surface area contributed by atoms with Gasteiger partial charge in [0.05, 0.1) is 39.1 Å². The Morgan fingerprint density at radius 3 is 1.21 bits per heavy atom. The highest BCUT2D eigenvalue weighted by Crippen LogP contribution is 2.39. The van der Waals surface area contributed by atoms with E-state index in [4.69, 9.17) is 67.1 Å². The van der Waals surface area contributed by atoms with Gasteiger partial charge in [-0.05, 0) is 6.92 Å². The fourth-order valence-electron chi connectivity index (χ4n) is 8.68. The van der Waals surface area contributed by atoms with Crippen LogP contribution in [0.3, 0.4) is 0 Å². The second-order valence-corrected chi connectivity index (χ2v) is 19.1. The molecule has 6 heterocycles. The molecular weight excluding hydrogens is 1020 g/mol. The van der Waals surface area contributed by atoms with Crippen LogP contribution in [0.15, 0.2) is 0 Å². The molecule has 0 aromatic rings. The third-order valence-electron chi connectivity index (χ3n) is 12.9. The summed E-state index contributed by atoms with van der Waals surface area (Å²) >= 11 is 0. The van der Waals surface area contributed by atoms with Crippen LogP contribution in [0.4, 0.5) is 0 Å². The van der Waals surface area contributed by atoms with Gasteiger partial charge in [0.2, 0.25) is 0 Å². The number of rotatable bonds is 19. The molecule has 35 heteroatoms. The number of hydrogen-bond donors (Lipinski definition) is 20. The van der Waals surface area contributed by atoms with Crippen molar-refractivity contribution < 1.29 is 168 Å². The molecular formula is C37H65O34P. The molecule has 0 aromatic carbocycles. The molecule has 0 amide bonds. The highest BCUT2D eigenvalue weighted by atomic mass is 31.2. The third-order valence-corrected chi connectivity index (χ3v) is 13.4. The predicted molar refractivity (Wildman–Crippen MR) is 215 cm³/mol. The topological polar surface area (TPSA) is 542 Å². The van der Waals surface area contributed by atoms with Crippen molar-refractivity contribution in [2.24, 2.45) is 0 Å². The van der Waals surface area contributed by atoms with E-state index in [1.165, 1.54) is 6.92 Å². The lowest BCUT2D eigenvalue weighted by atomic mass is 9.94. The molecule has 20 N–H and O–H groups in total. The zero-order valence-electron chi connectivity index (χ0n) is 37.7. The fraction of sp³-hybridized carbons (Fsp3) is 1.00. The summed E-state index contributed by atoms with van der Waals surface area (Å²) in [7, 11) is -5.16. The lowest BCUT2D eigenvalue weighted by Gasteiger charge is -2.48. The molecule has 6 aliphatic rings. The van der Waals surface area contributed by atoms with Crippen LogP contribution >= 0.6 is 7.82 Å². The Morgan fingerprint density at radius 2 is 0.736 bits per heavy atom. The summed E-state index contributed by atoms with van der Waals surface area (Å²) in [5.41, 5.74) is 0. The van der Waals surface area contributed by atoms with Crippen LogP contribution in [0.5, 0.6) is 0 Å². The van der Waals surface area contributed by atoms with Crippen molar-refractivity contribution in [3.05, 3.63) is 0 Å². The van der Waals surface area contributed by atoms with Gasteiger partial charge in [0.15, 0.2) is 31.5 Å². The summed E-state index contributed by atoms with van der Waals surface area (Å²) < 4.78 is 77.5. The zero-order chi connectivity index (χ0) is 53.3. The first-order valence-corrected chi connectivity index (χ1v) is 23.9. The fourth-order valence-corrected chi connectivity index (χ4v) is 9.02. The second-order valence-electron chi connectivity index (χ2n) is 17.9. The van der Waals surface area contributed by atoms with Crippen molar-refractivity contribution >= 4 is 7.82 Å². The average Bonchev–Trinajstić information content (AvgIpc) is 3.34. The van der Waals surface area contributed by atoms with Gasteiger partial charge in [-0.2, -0.15) is 0 Å². The largest absolute Gasteiger partial charge is 0.469 e. The summed E-state index contributed by atoms with van der Waals surface area (Å²) in [5.74, 6) is 0. The Hall–Kier alpha value is -1.09. The van der Waals surface area contributed by atoms with E-state index in [1.807, 2.05) is 0 Å². The Labute approximate surface area is 406 Å². The van der Waals surface area contributed by atoms with E-state index in [2.05, 4.69) is 9.41 Å². The Balaban J connectivity index is 1.13. The van der Waals surface area contributed by atoms with Crippen molar-refractivity contribution in [3.63, 3.8) is 0 Å². The number of hydrogen-bond acceptors (Lipinski definition) is 32. The van der Waals surface area contributed by atoms with E-state index in [1.54, 1.807) is 0 Å². The molecule has 422 valence electrons. The molecule has 0 aliphatic carbocycles. The number of aliphatic hydroxyl groups excluding tert-OH is 17. The van der Waals surface area contributed by atoms with E-state index >= 15 is 0 Å². The van der Waals surface area contributed by atoms with Gasteiger partial charge in [0, 0.05) is 0 Å². The van der Waals surface area contributed by atoms with Crippen LogP contribution in [0.2, 0.25) is 0 Å². The standard InChI is InChI=1S/C37H65O34P/c1-8-15(40)30(69-37-32(26(51)17(42)10(3-39)65-37)71-35-29(54)24(49)20(45)14(68-35)7-62-72(56,57)58)21(46)12(63-8)5-59-33-27(52)22(47)18(43)11(66-33)4-60-36-31(25(50)16(41)9(2-38)64-36)70-34-28(53)23(48)19(44)13(67-34)6-61-55/h8-55H,2-7H2,1H3,(H2,56,57,58)/t8-,9?,10?,11?,12?,13?,14?,15?,16+,17+,18+,19+,20+,21+,22-,23-,24-,25-,26-,27?,28?,29?,30+,31?,32?,33-,34-,35+,36-,37?/m0/s1. The van der Waals surface area contributed by atoms with E-state index < -0.39 is 232 Å². The minimum atomic E-state index is -5.16. The Bertz CT molecular complexity index is 1710. The van der Waals surface area contributed by atoms with Gasteiger partial charge in [-0.15, -0.1) is 0 Å². The van der Waals surface area contributed by atoms with E-state index in [0.717, 1.165) is 0 Å². The van der Waals surface area contributed by atoms with Gasteiger partial charge in [-0.25, -0.2) is 9.45 Å². The summed E-state index contributed by atoms with van der Waals surface area (Å²) in [4.78, 5) is 22.2. The molecule has 6 fully saturated rings. The maximum Gasteiger partial charge on any atom is 0.469 e. The maximum atomic E-state index is 11.5. The van der Waals surface area contributed by atoms with Crippen molar-refractivity contribution in [2.45, 2.75) is 191 Å². The molecule has 0 saturated carbocycles. The van der Waals surface area contributed by atoms with Crippen LogP contribution in [0.25, 0.3) is 0 Å². The summed E-state index contributed by atoms with van der Waals surface area (Å²) in [6.07, 6.45) is -56.3. The molecule has 34 nitrogen and oxygen atoms in total. The minimum Gasteiger partial charge on any atom is -0.394 e. The first kappa shape index (κ1) is 60.1. The molecule has 0 spiro atoms. The van der Waals surface area contributed by atoms with E-state index in [9.17, 15) is 91.4 Å². The van der Waals surface area contributed by atoms with E-state index in [0.29, 0.717) is 0 Å². The second kappa shape index (κ2) is 25.6. The molecule has 6 aliphatic heterocycles. The highest BCUT2D eigenvalue weighted by molar-refractivity contribution is 7.46. The SMILES string of the molecule is C[C@@H]1OC(CO[C@H]2OC(CO[C@H]3OC(CO)[C@@H](O)[C@H](O)C3O[C@@H]3OC(COO)[C@@H](O)[C@H](O)C3O)[C@@H](O)[C@H](O)C2O)[C@@H](O)[C@H](OC2OC(CO)[C@@H](O)[C@H](O)C2O[C@H]2OC(COP(=O)(O)O)[C@@H](O)[C@H](O)C2O)C1O. The zero-order valence-corrected chi connectivity index (χ0v) is 38.6. The quantitative estimate of drug-likeness (QED) is 0.0324. The Kier molecular flexibility index (Phi) is 21.4. The van der Waals surface area contributed by atoms with E-state index in [-0.39, 0.29) is 0 Å². The normalized spacial score (nSPS) is 50.7. The van der Waals surface area contributed by atoms with Gasteiger partial charge < -0.3 is 149 Å². The lowest BCUT2D eigenvalue weighted by Crippen LogP contribution is -2.67. The number of phosphoric acid groups is 1. The Morgan fingerprint density at radius 1 is 0.375 bits per heavy atom. The lowest BCUT2D eigenvalue weighted by molar-refractivity contribution is -0.383. The van der Waals surface area contributed by atoms with Gasteiger partial charge in [-0.3, -0.25) is 9.78 Å². The summed E-state index contributed by atoms with van der Waals surface area (Å²) in [5, 5.41) is 190. The molecule has 0 bridgehead atoms. The summed E-state index contributed by atoms with van der Waals surface area (Å²) in [6, 6.07) is 0. The molecule has 13 unspecified atom stereocenters. The van der Waals surface area contributed by atoms with Gasteiger partial charge in [-0.1, -0.05) is 0 Å². The van der Waals surface area contributed by atoms with Gasteiger partial charge >= 0.3 is 7.82 Å². The molecule has 72 heavy (non-hydrogen) atoms. The number of ether oxygens (including phenoxy) is 11. The molecule has 6 saturated heterocycles. The maximum absolute atomic E-state index is 11.5. The van der Waals surface area contributed by atoms with Crippen LogP contribution in [-0.2, 0) is 66.1 Å². The monoisotopic (exact) mass is 1080 g/mol. The summed E-state index contributed by atoms with van der Waals surface area (Å²) in [6.45, 7) is -3.96. The predicted octanol–water partition coefficient (Wildman–Crippen LogP) is -12.4. The molecule has 6 rings (SSSR count). The first-order valence-electron chi connectivity index (χ1n) is 22.3. The number of aliphatic hydroxyl groups is 17. The van der Waals surface area contributed by atoms with Crippen LogP contribution in [0, 0.1) is 0 Å². The smallest absolute Gasteiger partial charge is 0.394 e. The molecule has 30 atom stereocenters. The van der Waals surface area contributed by atoms with Crippen LogP contribution < -0.4 is 0 Å². The highest BCUT2D eigenvalue weighted by Gasteiger charge is 2.56. The number of phosphoric ester groups is 1. The van der Waals surface area contributed by atoms with Crippen LogP contribution in [-0.4, -0.2) is 326 Å². The molecule has 0 radical (unpaired) electrons.